The van der Waals surface area contributed by atoms with E-state index in [0.29, 0.717) is 25.4 Å². The van der Waals surface area contributed by atoms with Crippen LogP contribution in [0.4, 0.5) is 13.2 Å². The van der Waals surface area contributed by atoms with E-state index in [-0.39, 0.29) is 26.0 Å². The second-order valence-electron chi connectivity index (χ2n) is 6.48. The first kappa shape index (κ1) is 17.5. The Labute approximate surface area is 128 Å². The van der Waals surface area contributed by atoms with E-state index in [2.05, 4.69) is 5.32 Å². The minimum atomic E-state index is -4.23. The minimum absolute atomic E-state index is 0.0245. The van der Waals surface area contributed by atoms with Gasteiger partial charge in [-0.25, -0.2) is 0 Å². The summed E-state index contributed by atoms with van der Waals surface area (Å²) >= 11 is 0. The summed E-state index contributed by atoms with van der Waals surface area (Å²) in [5, 5.41) is 12.2. The molecule has 128 valence electrons. The summed E-state index contributed by atoms with van der Waals surface area (Å²) in [7, 11) is 0. The molecule has 22 heavy (non-hydrogen) atoms. The van der Waals surface area contributed by atoms with Crippen molar-refractivity contribution < 1.29 is 27.8 Å². The lowest BCUT2D eigenvalue weighted by Crippen LogP contribution is -2.41. The van der Waals surface area contributed by atoms with Crippen molar-refractivity contribution in [1.82, 2.24) is 5.32 Å². The molecular weight excluding hydrogens is 299 g/mol. The summed E-state index contributed by atoms with van der Waals surface area (Å²) in [6.45, 7) is 0.796. The lowest BCUT2D eigenvalue weighted by molar-refractivity contribution is -0.186. The molecule has 0 saturated heterocycles. The number of aliphatic hydroxyl groups excluding tert-OH is 1. The Hall–Kier alpha value is -0.820. The smallest absolute Gasteiger partial charge is 0.389 e. The summed E-state index contributed by atoms with van der Waals surface area (Å²) in [5.41, 5.74) is 0. The zero-order chi connectivity index (χ0) is 16.2. The molecular formula is C15H24F3NO3. The minimum Gasteiger partial charge on any atom is -0.389 e. The standard InChI is InChI=1S/C15H24F3NO3/c16-15(17,18)12-3-1-2-11(6-12)14(21)19-7-13(20)9-22-8-10-4-5-10/h10-13,20H,1-9H2,(H,19,21). The van der Waals surface area contributed by atoms with Crippen LogP contribution in [0.5, 0.6) is 0 Å². The molecule has 0 bridgehead atoms. The van der Waals surface area contributed by atoms with Gasteiger partial charge in [-0.15, -0.1) is 0 Å². The number of hydrogen-bond donors (Lipinski definition) is 2. The third-order valence-corrected chi connectivity index (χ3v) is 4.38. The first-order valence-electron chi connectivity index (χ1n) is 7.96. The lowest BCUT2D eigenvalue weighted by Gasteiger charge is -2.29. The fourth-order valence-electron chi connectivity index (χ4n) is 2.80. The number of nitrogens with one attached hydrogen (secondary N) is 1. The molecule has 0 aromatic rings. The van der Waals surface area contributed by atoms with E-state index in [1.807, 2.05) is 0 Å². The Bertz CT molecular complexity index is 372. The van der Waals surface area contributed by atoms with Gasteiger partial charge in [0.2, 0.25) is 5.91 Å². The summed E-state index contributed by atoms with van der Waals surface area (Å²) in [5.74, 6) is -1.79. The highest BCUT2D eigenvalue weighted by molar-refractivity contribution is 5.78. The molecule has 1 amide bonds. The van der Waals surface area contributed by atoms with Crippen molar-refractivity contribution in [3.63, 3.8) is 0 Å². The highest BCUT2D eigenvalue weighted by Crippen LogP contribution is 2.39. The second-order valence-corrected chi connectivity index (χ2v) is 6.48. The van der Waals surface area contributed by atoms with Crippen LogP contribution >= 0.6 is 0 Å². The molecule has 4 nitrogen and oxygen atoms in total. The molecule has 2 saturated carbocycles. The number of carbonyl (C=O) groups excluding carboxylic acids is 1. The fraction of sp³-hybridized carbons (Fsp3) is 0.933. The topological polar surface area (TPSA) is 58.6 Å². The molecule has 0 aromatic heterocycles. The number of halogens is 3. The highest BCUT2D eigenvalue weighted by atomic mass is 19.4. The molecule has 0 spiro atoms. The molecule has 3 atom stereocenters. The molecule has 3 unspecified atom stereocenters. The average molecular weight is 323 g/mol. The van der Waals surface area contributed by atoms with Gasteiger partial charge < -0.3 is 15.2 Å². The van der Waals surface area contributed by atoms with E-state index in [1.165, 1.54) is 0 Å². The summed E-state index contributed by atoms with van der Waals surface area (Å²) in [6.07, 6.45) is -1.88. The number of aliphatic hydroxyl groups is 1. The third kappa shape index (κ3) is 5.76. The van der Waals surface area contributed by atoms with E-state index in [9.17, 15) is 23.1 Å². The Morgan fingerprint density at radius 1 is 1.27 bits per heavy atom. The Morgan fingerprint density at radius 3 is 2.64 bits per heavy atom. The first-order chi connectivity index (χ1) is 10.4. The summed E-state index contributed by atoms with van der Waals surface area (Å²) in [6, 6.07) is 0. The predicted octanol–water partition coefficient (Wildman–Crippen LogP) is 2.26. The second kappa shape index (κ2) is 7.64. The van der Waals surface area contributed by atoms with Crippen LogP contribution in [0.3, 0.4) is 0 Å². The van der Waals surface area contributed by atoms with Crippen molar-refractivity contribution in [3.05, 3.63) is 0 Å². The maximum atomic E-state index is 12.7. The molecule has 0 heterocycles. The molecule has 0 aliphatic heterocycles. The zero-order valence-electron chi connectivity index (χ0n) is 12.6. The van der Waals surface area contributed by atoms with Gasteiger partial charge in [0.05, 0.1) is 18.6 Å². The van der Waals surface area contributed by atoms with E-state index < -0.39 is 30.0 Å². The molecule has 2 aliphatic rings. The number of ether oxygens (including phenoxy) is 1. The third-order valence-electron chi connectivity index (χ3n) is 4.38. The van der Waals surface area contributed by atoms with E-state index in [0.717, 1.165) is 12.8 Å². The van der Waals surface area contributed by atoms with Crippen molar-refractivity contribution in [3.8, 4) is 0 Å². The number of rotatable bonds is 7. The van der Waals surface area contributed by atoms with Crippen molar-refractivity contribution in [2.75, 3.05) is 19.8 Å². The largest absolute Gasteiger partial charge is 0.391 e. The number of carbonyl (C=O) groups is 1. The van der Waals surface area contributed by atoms with Crippen molar-refractivity contribution in [2.45, 2.75) is 50.8 Å². The van der Waals surface area contributed by atoms with Crippen LogP contribution in [0.1, 0.15) is 38.5 Å². The molecule has 7 heteroatoms. The van der Waals surface area contributed by atoms with E-state index in [4.69, 9.17) is 4.74 Å². The van der Waals surface area contributed by atoms with Gasteiger partial charge >= 0.3 is 6.18 Å². The quantitative estimate of drug-likeness (QED) is 0.755. The van der Waals surface area contributed by atoms with Crippen LogP contribution in [0.2, 0.25) is 0 Å². The number of hydrogen-bond acceptors (Lipinski definition) is 3. The highest BCUT2D eigenvalue weighted by Gasteiger charge is 2.43. The van der Waals surface area contributed by atoms with E-state index >= 15 is 0 Å². The average Bonchev–Trinajstić information content (AvgIpc) is 3.28. The van der Waals surface area contributed by atoms with Gasteiger partial charge in [-0.3, -0.25) is 4.79 Å². The molecule has 0 radical (unpaired) electrons. The van der Waals surface area contributed by atoms with Gasteiger partial charge in [-0.2, -0.15) is 13.2 Å². The zero-order valence-corrected chi connectivity index (χ0v) is 12.6. The molecule has 2 N–H and O–H groups in total. The van der Waals surface area contributed by atoms with Crippen LogP contribution in [0.15, 0.2) is 0 Å². The SMILES string of the molecule is O=C(NCC(O)COCC1CC1)C1CCCC(C(F)(F)F)C1. The summed E-state index contributed by atoms with van der Waals surface area (Å²) < 4.78 is 43.4. The monoisotopic (exact) mass is 323 g/mol. The number of alkyl halides is 3. The number of amides is 1. The summed E-state index contributed by atoms with van der Waals surface area (Å²) in [4.78, 5) is 11.9. The van der Waals surface area contributed by atoms with Gasteiger partial charge in [0, 0.05) is 19.1 Å². The molecule has 2 aliphatic carbocycles. The predicted molar refractivity (Wildman–Crippen MR) is 74.1 cm³/mol. The van der Waals surface area contributed by atoms with Crippen molar-refractivity contribution in [2.24, 2.45) is 17.8 Å². The van der Waals surface area contributed by atoms with Gasteiger partial charge in [-0.05, 0) is 38.0 Å². The molecule has 2 fully saturated rings. The van der Waals surface area contributed by atoms with Crippen LogP contribution in [-0.4, -0.2) is 43.1 Å². The Morgan fingerprint density at radius 2 is 2.00 bits per heavy atom. The lowest BCUT2D eigenvalue weighted by atomic mass is 9.80. The van der Waals surface area contributed by atoms with Crippen LogP contribution < -0.4 is 5.32 Å². The van der Waals surface area contributed by atoms with Crippen molar-refractivity contribution >= 4 is 5.91 Å². The normalized spacial score (nSPS) is 27.5. The Balaban J connectivity index is 1.65. The van der Waals surface area contributed by atoms with Gasteiger partial charge in [0.15, 0.2) is 0 Å². The van der Waals surface area contributed by atoms with Gasteiger partial charge in [-0.1, -0.05) is 6.42 Å². The van der Waals surface area contributed by atoms with Crippen LogP contribution in [0.25, 0.3) is 0 Å². The fourth-order valence-corrected chi connectivity index (χ4v) is 2.80. The van der Waals surface area contributed by atoms with Crippen LogP contribution in [0, 0.1) is 17.8 Å². The maximum Gasteiger partial charge on any atom is 0.391 e. The van der Waals surface area contributed by atoms with Gasteiger partial charge in [0.25, 0.3) is 0 Å². The Kier molecular flexibility index (Phi) is 6.09. The first-order valence-corrected chi connectivity index (χ1v) is 7.96. The molecule has 0 aromatic carbocycles. The van der Waals surface area contributed by atoms with Gasteiger partial charge in [0.1, 0.15) is 0 Å². The molecule has 2 rings (SSSR count). The van der Waals surface area contributed by atoms with Crippen molar-refractivity contribution in [1.29, 1.82) is 0 Å². The van der Waals surface area contributed by atoms with E-state index in [1.54, 1.807) is 0 Å². The maximum absolute atomic E-state index is 12.7. The van der Waals surface area contributed by atoms with Crippen LogP contribution in [-0.2, 0) is 9.53 Å².